The van der Waals surface area contributed by atoms with E-state index in [1.54, 1.807) is 0 Å². The molecule has 8 aromatic rings. The van der Waals surface area contributed by atoms with Crippen LogP contribution in [-0.2, 0) is 11.5 Å². The van der Waals surface area contributed by atoms with Gasteiger partial charge in [-0.15, -0.1) is 0 Å². The lowest BCUT2D eigenvalue weighted by atomic mass is 9.90. The van der Waals surface area contributed by atoms with E-state index >= 15 is 0 Å². The van der Waals surface area contributed by atoms with Crippen LogP contribution >= 0.6 is 11.8 Å². The Kier molecular flexibility index (Phi) is 6.57. The summed E-state index contributed by atoms with van der Waals surface area (Å²) in [6.07, 6.45) is 0. The fraction of sp³-hybridized carbons (Fsp3) is 0.0465. The summed E-state index contributed by atoms with van der Waals surface area (Å²) in [5.74, 6) is 1.97. The van der Waals surface area contributed by atoms with Crippen molar-refractivity contribution < 1.29 is 4.42 Å². The van der Waals surface area contributed by atoms with Crippen LogP contribution < -0.4 is 0 Å². The summed E-state index contributed by atoms with van der Waals surface area (Å²) >= 11 is 1.98. The molecule has 0 N–H and O–H groups in total. The third-order valence-electron chi connectivity index (χ3n) is 9.04. The van der Waals surface area contributed by atoms with Crippen molar-refractivity contribution in [1.82, 2.24) is 4.98 Å². The van der Waals surface area contributed by atoms with E-state index in [4.69, 9.17) is 9.40 Å². The number of thioether (sulfide) groups is 1. The lowest BCUT2D eigenvalue weighted by Crippen LogP contribution is -1.93. The molecule has 0 atom stereocenters. The highest BCUT2D eigenvalue weighted by atomic mass is 32.2. The Hall–Kier alpha value is -5.38. The van der Waals surface area contributed by atoms with Crippen molar-refractivity contribution in [3.8, 4) is 55.9 Å². The first-order chi connectivity index (χ1) is 22.8. The molecule has 6 aromatic carbocycles. The lowest BCUT2D eigenvalue weighted by molar-refractivity contribution is 0.670. The van der Waals surface area contributed by atoms with Gasteiger partial charge in [0.25, 0.3) is 0 Å². The molecule has 0 saturated carbocycles. The van der Waals surface area contributed by atoms with Crippen molar-refractivity contribution in [1.29, 1.82) is 0 Å². The largest absolute Gasteiger partial charge is 0.455 e. The number of aromatic nitrogens is 1. The molecule has 0 fully saturated rings. The topological polar surface area (TPSA) is 26.0 Å². The van der Waals surface area contributed by atoms with Gasteiger partial charge in [0.15, 0.2) is 0 Å². The fourth-order valence-corrected chi connectivity index (χ4v) is 7.75. The maximum absolute atomic E-state index is 6.44. The van der Waals surface area contributed by atoms with Gasteiger partial charge in [-0.25, -0.2) is 4.98 Å². The summed E-state index contributed by atoms with van der Waals surface area (Å²) in [5, 5.41) is 2.31. The molecule has 2 nitrogen and oxygen atoms in total. The standard InChI is InChI=1S/C43H29NOS/c1-3-10-28(11-4-1)40-24-34(25-41(44-40)29-12-5-2-6-13-29)30-18-20-32-26-46-27-33-21-19-31(23-39(33)38(32)22-30)35-15-9-16-37-36-14-7-8-17-42(36)45-43(35)37/h1-25H,26-27H2. The van der Waals surface area contributed by atoms with Gasteiger partial charge in [0, 0.05) is 39.0 Å². The summed E-state index contributed by atoms with van der Waals surface area (Å²) in [6, 6.07) is 54.1. The Bertz CT molecular complexity index is 2330. The molecule has 2 aromatic heterocycles. The minimum Gasteiger partial charge on any atom is -0.455 e. The first-order valence-corrected chi connectivity index (χ1v) is 16.8. The molecule has 0 unspecified atom stereocenters. The van der Waals surface area contributed by atoms with E-state index in [2.05, 4.69) is 146 Å². The monoisotopic (exact) mass is 607 g/mol. The van der Waals surface area contributed by atoms with E-state index in [1.165, 1.54) is 33.4 Å². The lowest BCUT2D eigenvalue weighted by Gasteiger charge is -2.15. The van der Waals surface area contributed by atoms with Gasteiger partial charge in [-0.2, -0.15) is 11.8 Å². The molecule has 1 aliphatic heterocycles. The van der Waals surface area contributed by atoms with Crippen LogP contribution in [-0.4, -0.2) is 4.98 Å². The van der Waals surface area contributed by atoms with Crippen LogP contribution in [0.3, 0.4) is 0 Å². The molecule has 9 rings (SSSR count). The van der Waals surface area contributed by atoms with Crippen LogP contribution in [0.4, 0.5) is 0 Å². The zero-order chi connectivity index (χ0) is 30.5. The first kappa shape index (κ1) is 27.0. The summed E-state index contributed by atoms with van der Waals surface area (Å²) < 4.78 is 6.44. The third-order valence-corrected chi connectivity index (χ3v) is 10.1. The molecule has 218 valence electrons. The van der Waals surface area contributed by atoms with Crippen molar-refractivity contribution in [2.45, 2.75) is 11.5 Å². The molecule has 3 heteroatoms. The second-order valence-corrected chi connectivity index (χ2v) is 12.9. The summed E-state index contributed by atoms with van der Waals surface area (Å²) in [5.41, 5.74) is 16.0. The van der Waals surface area contributed by atoms with Crippen LogP contribution in [0.2, 0.25) is 0 Å². The first-order valence-electron chi connectivity index (χ1n) is 15.7. The zero-order valence-corrected chi connectivity index (χ0v) is 25.9. The predicted octanol–water partition coefficient (Wildman–Crippen LogP) is 12.1. The molecule has 46 heavy (non-hydrogen) atoms. The van der Waals surface area contributed by atoms with Crippen molar-refractivity contribution in [2.24, 2.45) is 0 Å². The SMILES string of the molecule is c1ccc(-c2cc(-c3ccc4c(c3)-c3cc(-c5cccc6c5oc5ccccc56)ccc3CSC4)cc(-c3ccccc3)n2)cc1. The minimum absolute atomic E-state index is 0.924. The molecule has 0 radical (unpaired) electrons. The van der Waals surface area contributed by atoms with E-state index in [1.807, 2.05) is 17.8 Å². The summed E-state index contributed by atoms with van der Waals surface area (Å²) in [7, 11) is 0. The summed E-state index contributed by atoms with van der Waals surface area (Å²) in [4.78, 5) is 5.11. The van der Waals surface area contributed by atoms with Crippen LogP contribution in [0.5, 0.6) is 0 Å². The smallest absolute Gasteiger partial charge is 0.143 e. The Morgan fingerprint density at radius 3 is 1.72 bits per heavy atom. The fourth-order valence-electron chi connectivity index (χ4n) is 6.71. The van der Waals surface area contributed by atoms with Crippen molar-refractivity contribution in [3.05, 3.63) is 163 Å². The number of furan rings is 1. The highest BCUT2D eigenvalue weighted by Crippen LogP contribution is 2.43. The van der Waals surface area contributed by atoms with E-state index in [9.17, 15) is 0 Å². The van der Waals surface area contributed by atoms with E-state index < -0.39 is 0 Å². The number of hydrogen-bond donors (Lipinski definition) is 0. The average molecular weight is 608 g/mol. The summed E-state index contributed by atoms with van der Waals surface area (Å²) in [6.45, 7) is 0. The normalized spacial score (nSPS) is 12.5. The van der Waals surface area contributed by atoms with Gasteiger partial charge in [-0.3, -0.25) is 0 Å². The Labute approximate surface area is 272 Å². The molecule has 3 heterocycles. The van der Waals surface area contributed by atoms with Gasteiger partial charge >= 0.3 is 0 Å². The maximum atomic E-state index is 6.44. The minimum atomic E-state index is 0.924. The Morgan fingerprint density at radius 1 is 0.435 bits per heavy atom. The highest BCUT2D eigenvalue weighted by molar-refractivity contribution is 7.97. The van der Waals surface area contributed by atoms with Gasteiger partial charge in [0.05, 0.1) is 11.4 Å². The quantitative estimate of drug-likeness (QED) is 0.199. The van der Waals surface area contributed by atoms with Crippen molar-refractivity contribution in [2.75, 3.05) is 0 Å². The van der Waals surface area contributed by atoms with Crippen LogP contribution in [0.25, 0.3) is 77.8 Å². The number of benzene rings is 6. The van der Waals surface area contributed by atoms with E-state index in [0.717, 1.165) is 67.1 Å². The number of para-hydroxylation sites is 2. The van der Waals surface area contributed by atoms with Crippen molar-refractivity contribution in [3.63, 3.8) is 0 Å². The van der Waals surface area contributed by atoms with Gasteiger partial charge in [0.1, 0.15) is 11.2 Å². The zero-order valence-electron chi connectivity index (χ0n) is 25.1. The molecule has 0 aliphatic carbocycles. The van der Waals surface area contributed by atoms with Crippen LogP contribution in [0.15, 0.2) is 156 Å². The van der Waals surface area contributed by atoms with Gasteiger partial charge in [-0.05, 0) is 69.3 Å². The predicted molar refractivity (Wildman–Crippen MR) is 194 cm³/mol. The molecule has 0 spiro atoms. The Balaban J connectivity index is 1.20. The van der Waals surface area contributed by atoms with Crippen molar-refractivity contribution >= 4 is 33.7 Å². The maximum Gasteiger partial charge on any atom is 0.143 e. The third kappa shape index (κ3) is 4.72. The van der Waals surface area contributed by atoms with Crippen LogP contribution in [0, 0.1) is 0 Å². The Morgan fingerprint density at radius 2 is 1.02 bits per heavy atom. The number of nitrogens with zero attached hydrogens (tertiary/aromatic N) is 1. The van der Waals surface area contributed by atoms with Crippen LogP contribution in [0.1, 0.15) is 11.1 Å². The second kappa shape index (κ2) is 11.2. The molecular formula is C43H29NOS. The van der Waals surface area contributed by atoms with E-state index in [0.29, 0.717) is 0 Å². The number of hydrogen-bond acceptors (Lipinski definition) is 3. The molecule has 0 bridgehead atoms. The second-order valence-electron chi connectivity index (χ2n) is 11.9. The van der Waals surface area contributed by atoms with E-state index in [-0.39, 0.29) is 0 Å². The van der Waals surface area contributed by atoms with Gasteiger partial charge in [0.2, 0.25) is 0 Å². The average Bonchev–Trinajstić information content (AvgIpc) is 3.41. The highest BCUT2D eigenvalue weighted by Gasteiger charge is 2.19. The molecule has 0 saturated heterocycles. The number of rotatable bonds is 4. The van der Waals surface area contributed by atoms with Gasteiger partial charge in [-0.1, -0.05) is 121 Å². The molecule has 1 aliphatic rings. The molecular weight excluding hydrogens is 579 g/mol. The molecule has 0 amide bonds. The number of pyridine rings is 1. The number of fused-ring (bicyclic) bond motifs is 6. The van der Waals surface area contributed by atoms with Gasteiger partial charge < -0.3 is 4.42 Å².